The Labute approximate surface area is 179 Å². The average Bonchev–Trinajstić information content (AvgIpc) is 2.67. The van der Waals surface area contributed by atoms with Crippen LogP contribution >= 0.6 is 0 Å². The smallest absolute Gasteiger partial charge is 0.330 e. The maximum absolute atomic E-state index is 12.8. The van der Waals surface area contributed by atoms with E-state index in [0.717, 1.165) is 18.6 Å². The number of fused-ring (bicyclic) bond motifs is 1. The van der Waals surface area contributed by atoms with Gasteiger partial charge in [0.25, 0.3) is 0 Å². The maximum atomic E-state index is 12.8. The van der Waals surface area contributed by atoms with Crippen LogP contribution in [0.15, 0.2) is 24.3 Å². The lowest BCUT2D eigenvalue weighted by molar-refractivity contribution is -0.150. The first-order valence-corrected chi connectivity index (χ1v) is 10.4. The van der Waals surface area contributed by atoms with E-state index in [4.69, 9.17) is 19.4 Å². The molecule has 1 heterocycles. The van der Waals surface area contributed by atoms with Gasteiger partial charge in [0, 0.05) is 20.2 Å². The molecule has 0 aliphatic rings. The molecule has 2 aromatic rings. The largest absolute Gasteiger partial charge is 0.459 e. The minimum atomic E-state index is -1.17. The second-order valence-corrected chi connectivity index (χ2v) is 8.38. The molecule has 0 N–H and O–H groups in total. The van der Waals surface area contributed by atoms with Crippen LogP contribution in [0.5, 0.6) is 0 Å². The van der Waals surface area contributed by atoms with Crippen LogP contribution in [0.3, 0.4) is 0 Å². The molecular weight excluding hydrogens is 380 g/mol. The minimum Gasteiger partial charge on any atom is -0.459 e. The number of benzene rings is 1. The van der Waals surface area contributed by atoms with Gasteiger partial charge in [0.2, 0.25) is 0 Å². The Morgan fingerprint density at radius 3 is 2.13 bits per heavy atom. The molecule has 2 rings (SSSR count). The summed E-state index contributed by atoms with van der Waals surface area (Å²) in [4.78, 5) is 24.5. The first-order valence-electron chi connectivity index (χ1n) is 10.4. The quantitative estimate of drug-likeness (QED) is 0.546. The van der Waals surface area contributed by atoms with Gasteiger partial charge in [0.1, 0.15) is 11.8 Å². The van der Waals surface area contributed by atoms with Gasteiger partial charge in [0.15, 0.2) is 11.7 Å². The van der Waals surface area contributed by atoms with Crippen molar-refractivity contribution >= 4 is 22.8 Å². The highest BCUT2D eigenvalue weighted by atomic mass is 16.6. The van der Waals surface area contributed by atoms with Crippen LogP contribution in [-0.4, -0.2) is 48.8 Å². The van der Waals surface area contributed by atoms with Crippen molar-refractivity contribution in [2.75, 3.05) is 31.7 Å². The molecule has 1 aromatic carbocycles. The van der Waals surface area contributed by atoms with Gasteiger partial charge in [-0.2, -0.15) is 5.26 Å². The van der Waals surface area contributed by atoms with Crippen LogP contribution < -0.4 is 4.90 Å². The number of anilines is 1. The van der Waals surface area contributed by atoms with Gasteiger partial charge in [0.05, 0.1) is 23.7 Å². The van der Waals surface area contributed by atoms with Crippen molar-refractivity contribution in [3.8, 4) is 6.07 Å². The SMILES string of the molecule is COC[C@H](C)OC(=O)[C@H](C#N)c1nc2ccccc2nc1N(CC(C)C)CC(C)C. The van der Waals surface area contributed by atoms with E-state index in [2.05, 4.69) is 38.7 Å². The summed E-state index contributed by atoms with van der Waals surface area (Å²) in [5.74, 6) is -0.489. The summed E-state index contributed by atoms with van der Waals surface area (Å²) in [6, 6.07) is 9.57. The van der Waals surface area contributed by atoms with Gasteiger partial charge in [-0.15, -0.1) is 0 Å². The van der Waals surface area contributed by atoms with Crippen molar-refractivity contribution in [2.45, 2.75) is 46.6 Å². The fourth-order valence-corrected chi connectivity index (χ4v) is 3.32. The summed E-state index contributed by atoms with van der Waals surface area (Å²) in [7, 11) is 1.54. The number of esters is 1. The Balaban J connectivity index is 2.58. The Morgan fingerprint density at radius 1 is 1.07 bits per heavy atom. The van der Waals surface area contributed by atoms with Crippen LogP contribution in [0.25, 0.3) is 11.0 Å². The lowest BCUT2D eigenvalue weighted by atomic mass is 10.0. The lowest BCUT2D eigenvalue weighted by Crippen LogP contribution is -2.34. The molecular formula is C23H32N4O3. The number of hydrogen-bond donors (Lipinski definition) is 0. The van der Waals surface area contributed by atoms with E-state index in [1.165, 1.54) is 7.11 Å². The van der Waals surface area contributed by atoms with E-state index >= 15 is 0 Å². The van der Waals surface area contributed by atoms with Crippen LogP contribution in [0, 0.1) is 23.2 Å². The van der Waals surface area contributed by atoms with Crippen molar-refractivity contribution in [3.05, 3.63) is 30.0 Å². The molecule has 0 aliphatic carbocycles. The van der Waals surface area contributed by atoms with Crippen molar-refractivity contribution in [2.24, 2.45) is 11.8 Å². The molecule has 0 saturated carbocycles. The number of nitriles is 1. The molecule has 0 fully saturated rings. The number of rotatable bonds is 10. The van der Waals surface area contributed by atoms with E-state index < -0.39 is 18.0 Å². The predicted molar refractivity (Wildman–Crippen MR) is 117 cm³/mol. The maximum Gasteiger partial charge on any atom is 0.330 e. The number of nitrogens with zero attached hydrogens (tertiary/aromatic N) is 4. The first-order chi connectivity index (χ1) is 14.3. The van der Waals surface area contributed by atoms with Crippen molar-refractivity contribution in [1.82, 2.24) is 9.97 Å². The molecule has 30 heavy (non-hydrogen) atoms. The zero-order valence-corrected chi connectivity index (χ0v) is 18.8. The van der Waals surface area contributed by atoms with Gasteiger partial charge in [-0.1, -0.05) is 39.8 Å². The van der Waals surface area contributed by atoms with Crippen molar-refractivity contribution in [3.63, 3.8) is 0 Å². The third kappa shape index (κ3) is 6.14. The fraction of sp³-hybridized carbons (Fsp3) is 0.565. The van der Waals surface area contributed by atoms with Gasteiger partial charge in [-0.05, 0) is 30.9 Å². The number of ether oxygens (including phenoxy) is 2. The van der Waals surface area contributed by atoms with Crippen LogP contribution in [0.2, 0.25) is 0 Å². The molecule has 0 bridgehead atoms. The molecule has 0 unspecified atom stereocenters. The molecule has 2 atom stereocenters. The zero-order valence-electron chi connectivity index (χ0n) is 18.8. The summed E-state index contributed by atoms with van der Waals surface area (Å²) in [6.45, 7) is 12.0. The number of hydrogen-bond acceptors (Lipinski definition) is 7. The normalized spacial score (nSPS) is 13.3. The van der Waals surface area contributed by atoms with Crippen molar-refractivity contribution in [1.29, 1.82) is 5.26 Å². The van der Waals surface area contributed by atoms with Crippen LogP contribution in [0.4, 0.5) is 5.82 Å². The van der Waals surface area contributed by atoms with Gasteiger partial charge in [-0.25, -0.2) is 9.97 Å². The first kappa shape index (κ1) is 23.6. The van der Waals surface area contributed by atoms with Crippen LogP contribution in [-0.2, 0) is 14.3 Å². The molecule has 7 heteroatoms. The summed E-state index contributed by atoms with van der Waals surface area (Å²) < 4.78 is 10.5. The van der Waals surface area contributed by atoms with Crippen LogP contribution in [0.1, 0.15) is 46.2 Å². The Bertz CT molecular complexity index is 882. The summed E-state index contributed by atoms with van der Waals surface area (Å²) in [5, 5.41) is 9.87. The van der Waals surface area contributed by atoms with Gasteiger partial charge >= 0.3 is 5.97 Å². The summed E-state index contributed by atoms with van der Waals surface area (Å²) in [6.07, 6.45) is -0.461. The Morgan fingerprint density at radius 2 is 1.63 bits per heavy atom. The highest BCUT2D eigenvalue weighted by molar-refractivity contribution is 5.85. The number of aromatic nitrogens is 2. The Hall–Kier alpha value is -2.72. The molecule has 162 valence electrons. The molecule has 7 nitrogen and oxygen atoms in total. The Kier molecular flexibility index (Phi) is 8.55. The molecule has 1 aromatic heterocycles. The molecule has 0 amide bonds. The zero-order chi connectivity index (χ0) is 22.3. The highest BCUT2D eigenvalue weighted by Crippen LogP contribution is 2.29. The standard InChI is InChI=1S/C23H32N4O3/c1-15(2)12-27(13-16(3)4)22-21(25-19-9-7-8-10-20(19)26-22)18(11-24)23(28)30-17(5)14-29-6/h7-10,15-18H,12-14H2,1-6H3/t17-,18+/m0/s1. The third-order valence-electron chi connectivity index (χ3n) is 4.41. The molecule has 0 radical (unpaired) electrons. The second-order valence-electron chi connectivity index (χ2n) is 8.38. The summed E-state index contributed by atoms with van der Waals surface area (Å²) >= 11 is 0. The predicted octanol–water partition coefficient (Wildman–Crippen LogP) is 3.93. The minimum absolute atomic E-state index is 0.257. The number of carbonyl (C=O) groups excluding carboxylic acids is 1. The van der Waals surface area contributed by atoms with E-state index in [1.807, 2.05) is 24.3 Å². The number of methoxy groups -OCH3 is 1. The number of carbonyl (C=O) groups is 1. The lowest BCUT2D eigenvalue weighted by Gasteiger charge is -2.29. The van der Waals surface area contributed by atoms with E-state index in [-0.39, 0.29) is 6.61 Å². The van der Waals surface area contributed by atoms with Gasteiger partial charge < -0.3 is 14.4 Å². The molecule has 0 saturated heterocycles. The third-order valence-corrected chi connectivity index (χ3v) is 4.41. The number of para-hydroxylation sites is 2. The van der Waals surface area contributed by atoms with E-state index in [1.54, 1.807) is 6.92 Å². The van der Waals surface area contributed by atoms with E-state index in [0.29, 0.717) is 28.9 Å². The molecule has 0 spiro atoms. The summed E-state index contributed by atoms with van der Waals surface area (Å²) in [5.41, 5.74) is 1.71. The van der Waals surface area contributed by atoms with Crippen molar-refractivity contribution < 1.29 is 14.3 Å². The molecule has 0 aliphatic heterocycles. The van der Waals surface area contributed by atoms with E-state index in [9.17, 15) is 10.1 Å². The average molecular weight is 413 g/mol. The highest BCUT2D eigenvalue weighted by Gasteiger charge is 2.31. The fourth-order valence-electron chi connectivity index (χ4n) is 3.32. The van der Waals surface area contributed by atoms with Gasteiger partial charge in [-0.3, -0.25) is 4.79 Å². The second kappa shape index (κ2) is 10.9. The monoisotopic (exact) mass is 412 g/mol. The topological polar surface area (TPSA) is 88.3 Å².